The Bertz CT molecular complexity index is 366. The summed E-state index contributed by atoms with van der Waals surface area (Å²) in [6.45, 7) is 0.385. The number of halogens is 2. The van der Waals surface area contributed by atoms with Crippen LogP contribution in [0.3, 0.4) is 0 Å². The predicted molar refractivity (Wildman–Crippen MR) is 57.0 cm³/mol. The van der Waals surface area contributed by atoms with Crippen molar-refractivity contribution in [2.45, 2.75) is 31.4 Å². The lowest BCUT2D eigenvalue weighted by molar-refractivity contribution is 0.161. The minimum atomic E-state index is -0.916. The van der Waals surface area contributed by atoms with E-state index in [1.807, 2.05) is 0 Å². The number of rotatable bonds is 4. The molecule has 16 heavy (non-hydrogen) atoms. The molecule has 0 heterocycles. The average molecular weight is 227 g/mol. The lowest BCUT2D eigenvalue weighted by atomic mass is 9.93. The van der Waals surface area contributed by atoms with E-state index in [4.69, 9.17) is 0 Å². The molecule has 1 aromatic rings. The second-order valence-corrected chi connectivity index (χ2v) is 4.23. The van der Waals surface area contributed by atoms with Crippen molar-refractivity contribution in [3.8, 4) is 0 Å². The van der Waals surface area contributed by atoms with Crippen molar-refractivity contribution in [1.82, 2.24) is 5.32 Å². The average Bonchev–Trinajstić information content (AvgIpc) is 2.19. The van der Waals surface area contributed by atoms with E-state index < -0.39 is 17.7 Å². The Hall–Kier alpha value is -1.00. The summed E-state index contributed by atoms with van der Waals surface area (Å²) < 4.78 is 25.6. The van der Waals surface area contributed by atoms with Crippen LogP contribution in [0.1, 0.15) is 30.9 Å². The first-order chi connectivity index (χ1) is 7.66. The van der Waals surface area contributed by atoms with Crippen LogP contribution in [-0.2, 0) is 0 Å². The van der Waals surface area contributed by atoms with Crippen LogP contribution in [0.5, 0.6) is 0 Å². The largest absolute Gasteiger partial charge is 0.387 e. The molecule has 0 amide bonds. The lowest BCUT2D eigenvalue weighted by Gasteiger charge is -2.27. The van der Waals surface area contributed by atoms with Gasteiger partial charge in [-0.3, -0.25) is 0 Å². The van der Waals surface area contributed by atoms with Crippen LogP contribution in [0.25, 0.3) is 0 Å². The van der Waals surface area contributed by atoms with E-state index in [-0.39, 0.29) is 0 Å². The van der Waals surface area contributed by atoms with Gasteiger partial charge in [-0.1, -0.05) is 12.5 Å². The Morgan fingerprint density at radius 1 is 1.31 bits per heavy atom. The lowest BCUT2D eigenvalue weighted by Crippen LogP contribution is -2.37. The van der Waals surface area contributed by atoms with E-state index in [1.165, 1.54) is 12.5 Å². The summed E-state index contributed by atoms with van der Waals surface area (Å²) in [7, 11) is 0. The van der Waals surface area contributed by atoms with E-state index in [1.54, 1.807) is 0 Å². The van der Waals surface area contributed by atoms with Crippen LogP contribution in [0, 0.1) is 11.6 Å². The Morgan fingerprint density at radius 3 is 2.62 bits per heavy atom. The van der Waals surface area contributed by atoms with Crippen LogP contribution < -0.4 is 5.32 Å². The van der Waals surface area contributed by atoms with Crippen LogP contribution >= 0.6 is 0 Å². The number of nitrogens with one attached hydrogen (secondary N) is 1. The maximum absolute atomic E-state index is 12.9. The van der Waals surface area contributed by atoms with Crippen LogP contribution in [0.15, 0.2) is 18.2 Å². The first-order valence-electron chi connectivity index (χ1n) is 5.53. The smallest absolute Gasteiger partial charge is 0.159 e. The monoisotopic (exact) mass is 227 g/mol. The molecule has 1 fully saturated rings. The van der Waals surface area contributed by atoms with Gasteiger partial charge in [-0.25, -0.2) is 8.78 Å². The summed E-state index contributed by atoms with van der Waals surface area (Å²) in [4.78, 5) is 0. The second-order valence-electron chi connectivity index (χ2n) is 4.23. The van der Waals surface area contributed by atoms with E-state index in [2.05, 4.69) is 5.32 Å². The molecule has 0 aromatic heterocycles. The molecular weight excluding hydrogens is 212 g/mol. The molecule has 0 radical (unpaired) electrons. The van der Waals surface area contributed by atoms with E-state index in [9.17, 15) is 13.9 Å². The number of aliphatic hydroxyl groups excluding tert-OH is 1. The molecule has 1 aliphatic carbocycles. The van der Waals surface area contributed by atoms with E-state index in [0.29, 0.717) is 18.2 Å². The summed E-state index contributed by atoms with van der Waals surface area (Å²) >= 11 is 0. The van der Waals surface area contributed by atoms with Crippen molar-refractivity contribution in [1.29, 1.82) is 0 Å². The number of aliphatic hydroxyl groups is 1. The summed E-state index contributed by atoms with van der Waals surface area (Å²) in [6.07, 6.45) is 2.70. The zero-order valence-corrected chi connectivity index (χ0v) is 8.92. The van der Waals surface area contributed by atoms with Gasteiger partial charge in [-0.15, -0.1) is 0 Å². The number of hydrogen-bond acceptors (Lipinski definition) is 2. The first kappa shape index (κ1) is 11.5. The standard InChI is InChI=1S/C12H15F2NO/c13-10-5-4-8(6-11(10)14)12(16)7-15-9-2-1-3-9/h4-6,9,12,15-16H,1-3,7H2. The van der Waals surface area contributed by atoms with Gasteiger partial charge in [0, 0.05) is 12.6 Å². The fourth-order valence-corrected chi connectivity index (χ4v) is 1.73. The Balaban J connectivity index is 1.91. The molecule has 1 saturated carbocycles. The molecule has 2 N–H and O–H groups in total. The van der Waals surface area contributed by atoms with Crippen LogP contribution in [-0.4, -0.2) is 17.7 Å². The third-order valence-electron chi connectivity index (χ3n) is 3.03. The van der Waals surface area contributed by atoms with Gasteiger partial charge in [0.25, 0.3) is 0 Å². The highest BCUT2D eigenvalue weighted by atomic mass is 19.2. The second kappa shape index (κ2) is 4.89. The van der Waals surface area contributed by atoms with Gasteiger partial charge < -0.3 is 10.4 Å². The highest BCUT2D eigenvalue weighted by Gasteiger charge is 2.18. The minimum Gasteiger partial charge on any atom is -0.387 e. The first-order valence-corrected chi connectivity index (χ1v) is 5.53. The number of benzene rings is 1. The summed E-state index contributed by atoms with van der Waals surface area (Å²) in [5.74, 6) is -1.80. The number of hydrogen-bond donors (Lipinski definition) is 2. The molecule has 4 heteroatoms. The fourth-order valence-electron chi connectivity index (χ4n) is 1.73. The molecule has 2 rings (SSSR count). The van der Waals surface area contributed by atoms with Crippen molar-refractivity contribution in [3.05, 3.63) is 35.4 Å². The minimum absolute atomic E-state index is 0.385. The molecule has 1 aliphatic rings. The van der Waals surface area contributed by atoms with Gasteiger partial charge in [0.15, 0.2) is 11.6 Å². The summed E-state index contributed by atoms with van der Waals surface area (Å²) in [5, 5.41) is 12.9. The van der Waals surface area contributed by atoms with Gasteiger partial charge in [0.1, 0.15) is 0 Å². The molecular formula is C12H15F2NO. The molecule has 0 saturated heterocycles. The molecule has 0 bridgehead atoms. The molecule has 2 nitrogen and oxygen atoms in total. The fraction of sp³-hybridized carbons (Fsp3) is 0.500. The Morgan fingerprint density at radius 2 is 2.06 bits per heavy atom. The highest BCUT2D eigenvalue weighted by Crippen LogP contribution is 2.20. The summed E-state index contributed by atoms with van der Waals surface area (Å²) in [6, 6.07) is 3.96. The molecule has 0 aliphatic heterocycles. The van der Waals surface area contributed by atoms with Gasteiger partial charge in [0.05, 0.1) is 6.10 Å². The zero-order valence-electron chi connectivity index (χ0n) is 8.92. The van der Waals surface area contributed by atoms with E-state index >= 15 is 0 Å². The molecule has 1 atom stereocenters. The normalized spacial score (nSPS) is 18.2. The predicted octanol–water partition coefficient (Wildman–Crippen LogP) is 2.14. The molecule has 0 spiro atoms. The maximum atomic E-state index is 12.9. The third-order valence-corrected chi connectivity index (χ3v) is 3.03. The maximum Gasteiger partial charge on any atom is 0.159 e. The van der Waals surface area contributed by atoms with Gasteiger partial charge in [-0.2, -0.15) is 0 Å². The highest BCUT2D eigenvalue weighted by molar-refractivity contribution is 5.20. The Kier molecular flexibility index (Phi) is 3.51. The van der Waals surface area contributed by atoms with Crippen LogP contribution in [0.2, 0.25) is 0 Å². The molecule has 88 valence electrons. The van der Waals surface area contributed by atoms with Crippen molar-refractivity contribution in [3.63, 3.8) is 0 Å². The Labute approximate surface area is 93.3 Å². The van der Waals surface area contributed by atoms with Crippen LogP contribution in [0.4, 0.5) is 8.78 Å². The molecule has 1 unspecified atom stereocenters. The van der Waals surface area contributed by atoms with Gasteiger partial charge in [0.2, 0.25) is 0 Å². The van der Waals surface area contributed by atoms with Crippen molar-refractivity contribution in [2.24, 2.45) is 0 Å². The van der Waals surface area contributed by atoms with Crippen molar-refractivity contribution >= 4 is 0 Å². The molecule has 1 aromatic carbocycles. The summed E-state index contributed by atoms with van der Waals surface area (Å²) in [5.41, 5.74) is 0.408. The SMILES string of the molecule is OC(CNC1CCC1)c1ccc(F)c(F)c1. The van der Waals surface area contributed by atoms with E-state index in [0.717, 1.165) is 25.0 Å². The zero-order chi connectivity index (χ0) is 11.5. The van der Waals surface area contributed by atoms with Crippen molar-refractivity contribution < 1.29 is 13.9 Å². The van der Waals surface area contributed by atoms with Crippen molar-refractivity contribution in [2.75, 3.05) is 6.54 Å². The quantitative estimate of drug-likeness (QED) is 0.826. The van der Waals surface area contributed by atoms with Gasteiger partial charge >= 0.3 is 0 Å². The topological polar surface area (TPSA) is 32.3 Å². The van der Waals surface area contributed by atoms with Gasteiger partial charge in [-0.05, 0) is 30.5 Å². The third kappa shape index (κ3) is 2.57.